The Labute approximate surface area is 156 Å². The van der Waals surface area contributed by atoms with E-state index in [2.05, 4.69) is 56.8 Å². The Hall–Kier alpha value is -3.20. The second kappa shape index (κ2) is 6.84. The summed E-state index contributed by atoms with van der Waals surface area (Å²) in [7, 11) is 1.60. The fourth-order valence-corrected chi connectivity index (χ4v) is 3.10. The molecule has 2 aromatic heterocycles. The molecule has 0 radical (unpaired) electrons. The first-order valence-corrected chi connectivity index (χ1v) is 8.78. The largest absolute Gasteiger partial charge is 0.494 e. The Balaban J connectivity index is 1.63. The molecule has 3 N–H and O–H groups in total. The highest BCUT2D eigenvalue weighted by Crippen LogP contribution is 2.30. The van der Waals surface area contributed by atoms with Gasteiger partial charge in [0, 0.05) is 17.6 Å². The van der Waals surface area contributed by atoms with Crippen molar-refractivity contribution in [1.29, 1.82) is 0 Å². The summed E-state index contributed by atoms with van der Waals surface area (Å²) >= 11 is 0. The minimum atomic E-state index is 0.161. The third-order valence-corrected chi connectivity index (χ3v) is 4.44. The summed E-state index contributed by atoms with van der Waals surface area (Å²) < 4.78 is 7.19. The van der Waals surface area contributed by atoms with E-state index in [9.17, 15) is 0 Å². The Morgan fingerprint density at radius 1 is 1.30 bits per heavy atom. The van der Waals surface area contributed by atoms with Gasteiger partial charge in [0.1, 0.15) is 22.7 Å². The number of nitrogens with zero attached hydrogens (tertiary/aromatic N) is 6. The lowest BCUT2D eigenvalue weighted by molar-refractivity contribution is 0.215. The van der Waals surface area contributed by atoms with Gasteiger partial charge in [0.15, 0.2) is 0 Å². The van der Waals surface area contributed by atoms with Gasteiger partial charge in [0.05, 0.1) is 25.9 Å². The number of hydrogen-bond donors (Lipinski definition) is 2. The van der Waals surface area contributed by atoms with Gasteiger partial charge in [0.2, 0.25) is 5.95 Å². The van der Waals surface area contributed by atoms with Crippen LogP contribution in [0.25, 0.3) is 22.3 Å². The van der Waals surface area contributed by atoms with Crippen LogP contribution >= 0.6 is 0 Å². The summed E-state index contributed by atoms with van der Waals surface area (Å²) in [6.07, 6.45) is 6.04. The van der Waals surface area contributed by atoms with E-state index in [0.717, 1.165) is 5.39 Å². The molecule has 27 heavy (non-hydrogen) atoms. The van der Waals surface area contributed by atoms with E-state index in [4.69, 9.17) is 10.5 Å². The van der Waals surface area contributed by atoms with Crippen molar-refractivity contribution in [3.63, 3.8) is 0 Å². The molecule has 9 nitrogen and oxygen atoms in total. The van der Waals surface area contributed by atoms with Gasteiger partial charge in [-0.1, -0.05) is 17.3 Å². The van der Waals surface area contributed by atoms with Gasteiger partial charge in [0.25, 0.3) is 0 Å². The van der Waals surface area contributed by atoms with Crippen LogP contribution < -0.4 is 15.9 Å². The van der Waals surface area contributed by atoms with Gasteiger partial charge in [-0.2, -0.15) is 0 Å². The molecule has 0 spiro atoms. The van der Waals surface area contributed by atoms with E-state index in [0.29, 0.717) is 35.2 Å². The number of aromatic nitrogens is 5. The molecule has 1 atom stereocenters. The number of anilines is 1. The van der Waals surface area contributed by atoms with Crippen LogP contribution in [0.3, 0.4) is 0 Å². The zero-order valence-corrected chi connectivity index (χ0v) is 15.5. The quantitative estimate of drug-likeness (QED) is 0.701. The molecule has 3 heterocycles. The summed E-state index contributed by atoms with van der Waals surface area (Å²) in [5.74, 6) is 0.814. The van der Waals surface area contributed by atoms with Crippen molar-refractivity contribution in [2.75, 3.05) is 12.8 Å². The minimum Gasteiger partial charge on any atom is -0.494 e. The average molecular weight is 366 g/mol. The summed E-state index contributed by atoms with van der Waals surface area (Å²) in [4.78, 5) is 8.69. The van der Waals surface area contributed by atoms with Gasteiger partial charge < -0.3 is 15.5 Å². The third kappa shape index (κ3) is 3.28. The number of ether oxygens (including phenoxy) is 1. The normalized spacial score (nSPS) is 16.6. The van der Waals surface area contributed by atoms with Crippen molar-refractivity contribution in [3.05, 3.63) is 36.7 Å². The molecular formula is C18H22N8O. The Kier molecular flexibility index (Phi) is 4.36. The van der Waals surface area contributed by atoms with Crippen molar-refractivity contribution >= 4 is 16.9 Å². The number of para-hydroxylation sites is 1. The van der Waals surface area contributed by atoms with Crippen LogP contribution in [-0.4, -0.2) is 49.2 Å². The predicted octanol–water partition coefficient (Wildman–Crippen LogP) is 1.59. The molecule has 0 saturated heterocycles. The number of fused-ring (bicyclic) bond motifs is 1. The molecule has 4 rings (SSSR count). The second-order valence-electron chi connectivity index (χ2n) is 6.69. The van der Waals surface area contributed by atoms with Crippen LogP contribution in [0.15, 0.2) is 36.7 Å². The van der Waals surface area contributed by atoms with E-state index < -0.39 is 0 Å². The lowest BCUT2D eigenvalue weighted by Gasteiger charge is -2.23. The molecule has 1 unspecified atom stereocenters. The third-order valence-electron chi connectivity index (χ3n) is 4.44. The molecule has 0 amide bonds. The standard InChI is InChI=1S/C18H22N8O/c1-11(2)26-8-7-12(23-26)9-25-10-14(22-24-25)16-13-5-4-6-15(27-3)17(13)21-18(19)20-16/h4-8,10-12,23H,9H2,1-3H3,(H2,19,20,21). The molecular weight excluding hydrogens is 344 g/mol. The summed E-state index contributed by atoms with van der Waals surface area (Å²) in [5.41, 5.74) is 11.3. The molecule has 140 valence electrons. The van der Waals surface area contributed by atoms with Gasteiger partial charge >= 0.3 is 0 Å². The van der Waals surface area contributed by atoms with Crippen LogP contribution in [0.4, 0.5) is 5.95 Å². The fourth-order valence-electron chi connectivity index (χ4n) is 3.10. The average Bonchev–Trinajstić information content (AvgIpc) is 3.30. The second-order valence-corrected chi connectivity index (χ2v) is 6.69. The molecule has 9 heteroatoms. The summed E-state index contributed by atoms with van der Waals surface area (Å²) in [5, 5.41) is 11.4. The number of nitrogen functional groups attached to an aromatic ring is 1. The highest BCUT2D eigenvalue weighted by atomic mass is 16.5. The Bertz CT molecular complexity index is 996. The smallest absolute Gasteiger partial charge is 0.221 e. The van der Waals surface area contributed by atoms with Crippen LogP contribution in [0, 0.1) is 0 Å². The van der Waals surface area contributed by atoms with Crippen LogP contribution in [-0.2, 0) is 6.54 Å². The number of nitrogens with one attached hydrogen (secondary N) is 1. The van der Waals surface area contributed by atoms with Gasteiger partial charge in [-0.25, -0.2) is 20.1 Å². The molecule has 1 aliphatic heterocycles. The number of methoxy groups -OCH3 is 1. The zero-order chi connectivity index (χ0) is 19.0. The molecule has 0 aliphatic carbocycles. The molecule has 0 saturated carbocycles. The van der Waals surface area contributed by atoms with Crippen molar-refractivity contribution in [3.8, 4) is 17.1 Å². The molecule has 1 aliphatic rings. The van der Waals surface area contributed by atoms with E-state index in [1.165, 1.54) is 0 Å². The van der Waals surface area contributed by atoms with E-state index >= 15 is 0 Å². The Morgan fingerprint density at radius 3 is 2.89 bits per heavy atom. The SMILES string of the molecule is COc1cccc2c(-c3cn(CC4C=CN(C(C)C)N4)nn3)nc(N)nc12. The first kappa shape index (κ1) is 17.2. The number of hydrogen-bond acceptors (Lipinski definition) is 8. The molecule has 3 aromatic rings. The number of nitrogens with two attached hydrogens (primary N) is 1. The zero-order valence-electron chi connectivity index (χ0n) is 15.5. The lowest BCUT2D eigenvalue weighted by atomic mass is 10.1. The van der Waals surface area contributed by atoms with Crippen LogP contribution in [0.1, 0.15) is 13.8 Å². The summed E-state index contributed by atoms with van der Waals surface area (Å²) in [6, 6.07) is 6.21. The Morgan fingerprint density at radius 2 is 2.15 bits per heavy atom. The highest BCUT2D eigenvalue weighted by molar-refractivity contribution is 5.95. The van der Waals surface area contributed by atoms with Gasteiger partial charge in [-0.3, -0.25) is 0 Å². The van der Waals surface area contributed by atoms with Crippen LogP contribution in [0.5, 0.6) is 5.75 Å². The van der Waals surface area contributed by atoms with E-state index in [1.54, 1.807) is 11.8 Å². The van der Waals surface area contributed by atoms with Crippen molar-refractivity contribution in [2.45, 2.75) is 32.5 Å². The topological polar surface area (TPSA) is 107 Å². The van der Waals surface area contributed by atoms with Crippen LogP contribution in [0.2, 0.25) is 0 Å². The lowest BCUT2D eigenvalue weighted by Crippen LogP contribution is -2.41. The van der Waals surface area contributed by atoms with Gasteiger partial charge in [-0.15, -0.1) is 5.10 Å². The first-order valence-electron chi connectivity index (χ1n) is 8.78. The number of benzene rings is 1. The summed E-state index contributed by atoms with van der Waals surface area (Å²) in [6.45, 7) is 4.92. The first-order chi connectivity index (χ1) is 13.0. The van der Waals surface area contributed by atoms with Gasteiger partial charge in [-0.05, 0) is 26.0 Å². The molecule has 0 fully saturated rings. The van der Waals surface area contributed by atoms with E-state index in [1.807, 2.05) is 24.4 Å². The predicted molar refractivity (Wildman–Crippen MR) is 103 cm³/mol. The van der Waals surface area contributed by atoms with Crippen molar-refractivity contribution < 1.29 is 4.74 Å². The monoisotopic (exact) mass is 366 g/mol. The minimum absolute atomic E-state index is 0.161. The molecule has 0 bridgehead atoms. The highest BCUT2D eigenvalue weighted by Gasteiger charge is 2.19. The van der Waals surface area contributed by atoms with Crippen molar-refractivity contribution in [1.82, 2.24) is 35.4 Å². The maximum atomic E-state index is 5.91. The number of hydrazine groups is 1. The maximum Gasteiger partial charge on any atom is 0.221 e. The number of rotatable bonds is 5. The van der Waals surface area contributed by atoms with E-state index in [-0.39, 0.29) is 12.0 Å². The fraction of sp³-hybridized carbons (Fsp3) is 0.333. The maximum absolute atomic E-state index is 5.91. The van der Waals surface area contributed by atoms with Crippen molar-refractivity contribution in [2.24, 2.45) is 0 Å². The molecule has 1 aromatic carbocycles.